The monoisotopic (exact) mass is 218 g/mol. The first-order chi connectivity index (χ1) is 7.63. The molecule has 0 aromatic heterocycles. The number of carbonyl (C=O) groups is 1. The van der Waals surface area contributed by atoms with Crippen LogP contribution in [0.3, 0.4) is 0 Å². The van der Waals surface area contributed by atoms with E-state index in [4.69, 9.17) is 4.74 Å². The highest BCUT2D eigenvalue weighted by Gasteiger charge is 2.46. The molecule has 0 atom stereocenters. The van der Waals surface area contributed by atoms with Gasteiger partial charge in [0, 0.05) is 5.56 Å². The van der Waals surface area contributed by atoms with Crippen LogP contribution in [-0.2, 0) is 10.2 Å². The Kier molecular flexibility index (Phi) is 2.75. The Morgan fingerprint density at radius 1 is 1.38 bits per heavy atom. The highest BCUT2D eigenvalue weighted by molar-refractivity contribution is 5.75. The summed E-state index contributed by atoms with van der Waals surface area (Å²) in [4.78, 5) is 11.2. The van der Waals surface area contributed by atoms with E-state index >= 15 is 0 Å². The second-order valence-corrected chi connectivity index (χ2v) is 4.89. The Bertz CT molecular complexity index is 403. The number of aldehydes is 1. The first-order valence-corrected chi connectivity index (χ1v) is 5.78. The van der Waals surface area contributed by atoms with Crippen molar-refractivity contribution in [2.75, 3.05) is 7.11 Å². The SMILES string of the molecule is COc1ccc(C(C)C)cc1C1(C=O)CC1. The summed E-state index contributed by atoms with van der Waals surface area (Å²) >= 11 is 0. The van der Waals surface area contributed by atoms with Gasteiger partial charge < -0.3 is 9.53 Å². The van der Waals surface area contributed by atoms with E-state index in [1.54, 1.807) is 7.11 Å². The number of rotatable bonds is 4. The average molecular weight is 218 g/mol. The van der Waals surface area contributed by atoms with E-state index in [2.05, 4.69) is 26.0 Å². The minimum Gasteiger partial charge on any atom is -0.496 e. The fraction of sp³-hybridized carbons (Fsp3) is 0.500. The summed E-state index contributed by atoms with van der Waals surface area (Å²) in [6.45, 7) is 4.32. The number of carbonyl (C=O) groups excluding carboxylic acids is 1. The maximum Gasteiger partial charge on any atom is 0.130 e. The lowest BCUT2D eigenvalue weighted by Gasteiger charge is -2.16. The molecule has 1 aromatic rings. The summed E-state index contributed by atoms with van der Waals surface area (Å²) in [7, 11) is 1.66. The fourth-order valence-corrected chi connectivity index (χ4v) is 2.06. The van der Waals surface area contributed by atoms with Gasteiger partial charge in [0.1, 0.15) is 12.0 Å². The van der Waals surface area contributed by atoms with Crippen molar-refractivity contribution in [2.45, 2.75) is 38.0 Å². The van der Waals surface area contributed by atoms with E-state index in [9.17, 15) is 4.79 Å². The maximum absolute atomic E-state index is 11.2. The van der Waals surface area contributed by atoms with Gasteiger partial charge in [-0.2, -0.15) is 0 Å². The number of benzene rings is 1. The van der Waals surface area contributed by atoms with Crippen molar-refractivity contribution in [2.24, 2.45) is 0 Å². The van der Waals surface area contributed by atoms with Gasteiger partial charge in [-0.25, -0.2) is 0 Å². The summed E-state index contributed by atoms with van der Waals surface area (Å²) in [5, 5.41) is 0. The smallest absolute Gasteiger partial charge is 0.130 e. The molecule has 2 rings (SSSR count). The van der Waals surface area contributed by atoms with Gasteiger partial charge >= 0.3 is 0 Å². The van der Waals surface area contributed by atoms with Crippen LogP contribution in [0.5, 0.6) is 5.75 Å². The van der Waals surface area contributed by atoms with Gasteiger partial charge in [0.2, 0.25) is 0 Å². The van der Waals surface area contributed by atoms with E-state index in [0.29, 0.717) is 5.92 Å². The molecule has 1 saturated carbocycles. The molecule has 2 heteroatoms. The van der Waals surface area contributed by atoms with Gasteiger partial charge in [0.25, 0.3) is 0 Å². The van der Waals surface area contributed by atoms with Crippen LogP contribution in [-0.4, -0.2) is 13.4 Å². The van der Waals surface area contributed by atoms with Crippen LogP contribution in [0, 0.1) is 0 Å². The fourth-order valence-electron chi connectivity index (χ4n) is 2.06. The Labute approximate surface area is 96.6 Å². The third-order valence-corrected chi connectivity index (χ3v) is 3.44. The van der Waals surface area contributed by atoms with Crippen LogP contribution in [0.2, 0.25) is 0 Å². The van der Waals surface area contributed by atoms with Gasteiger partial charge in [0.15, 0.2) is 0 Å². The van der Waals surface area contributed by atoms with Crippen molar-refractivity contribution >= 4 is 6.29 Å². The minimum atomic E-state index is -0.254. The van der Waals surface area contributed by atoms with Gasteiger partial charge in [-0.05, 0) is 30.4 Å². The molecule has 0 saturated heterocycles. The molecule has 2 nitrogen and oxygen atoms in total. The third-order valence-electron chi connectivity index (χ3n) is 3.44. The third kappa shape index (κ3) is 1.73. The van der Waals surface area contributed by atoms with Crippen molar-refractivity contribution in [3.05, 3.63) is 29.3 Å². The highest BCUT2D eigenvalue weighted by atomic mass is 16.5. The summed E-state index contributed by atoms with van der Waals surface area (Å²) < 4.78 is 5.35. The van der Waals surface area contributed by atoms with Crippen LogP contribution in [0.15, 0.2) is 18.2 Å². The van der Waals surface area contributed by atoms with Crippen LogP contribution in [0.4, 0.5) is 0 Å². The first-order valence-electron chi connectivity index (χ1n) is 5.78. The molecule has 1 aliphatic carbocycles. The van der Waals surface area contributed by atoms with Crippen LogP contribution >= 0.6 is 0 Å². The molecular formula is C14H18O2. The predicted molar refractivity (Wildman–Crippen MR) is 64.1 cm³/mol. The molecule has 1 aliphatic rings. The quantitative estimate of drug-likeness (QED) is 0.726. The van der Waals surface area contributed by atoms with Gasteiger partial charge in [0.05, 0.1) is 12.5 Å². The number of methoxy groups -OCH3 is 1. The molecule has 0 spiro atoms. The minimum absolute atomic E-state index is 0.254. The zero-order chi connectivity index (χ0) is 11.8. The zero-order valence-electron chi connectivity index (χ0n) is 10.1. The maximum atomic E-state index is 11.2. The second kappa shape index (κ2) is 3.93. The van der Waals surface area contributed by atoms with E-state index in [-0.39, 0.29) is 5.41 Å². The van der Waals surface area contributed by atoms with E-state index < -0.39 is 0 Å². The number of hydrogen-bond acceptors (Lipinski definition) is 2. The molecule has 0 heterocycles. The molecule has 16 heavy (non-hydrogen) atoms. The van der Waals surface area contributed by atoms with Gasteiger partial charge in [-0.1, -0.05) is 26.0 Å². The van der Waals surface area contributed by atoms with E-state index in [0.717, 1.165) is 30.4 Å². The van der Waals surface area contributed by atoms with Crippen molar-refractivity contribution in [1.82, 2.24) is 0 Å². The Balaban J connectivity index is 2.48. The summed E-state index contributed by atoms with van der Waals surface area (Å²) in [6.07, 6.45) is 2.98. The summed E-state index contributed by atoms with van der Waals surface area (Å²) in [5.41, 5.74) is 2.08. The Morgan fingerprint density at radius 2 is 2.06 bits per heavy atom. The van der Waals surface area contributed by atoms with Gasteiger partial charge in [-0.15, -0.1) is 0 Å². The molecule has 86 valence electrons. The molecule has 0 N–H and O–H groups in total. The normalized spacial score (nSPS) is 17.2. The van der Waals surface area contributed by atoms with E-state index in [1.807, 2.05) is 6.07 Å². The molecule has 1 aromatic carbocycles. The zero-order valence-corrected chi connectivity index (χ0v) is 10.1. The lowest BCUT2D eigenvalue weighted by molar-refractivity contribution is -0.109. The number of ether oxygens (including phenoxy) is 1. The molecule has 0 unspecified atom stereocenters. The Hall–Kier alpha value is -1.31. The average Bonchev–Trinajstić information content (AvgIpc) is 3.09. The molecular weight excluding hydrogens is 200 g/mol. The summed E-state index contributed by atoms with van der Waals surface area (Å²) in [5.74, 6) is 1.32. The van der Waals surface area contributed by atoms with Crippen LogP contribution in [0.25, 0.3) is 0 Å². The van der Waals surface area contributed by atoms with E-state index in [1.165, 1.54) is 5.56 Å². The molecule has 0 amide bonds. The molecule has 0 aliphatic heterocycles. The standard InChI is InChI=1S/C14H18O2/c1-10(2)11-4-5-13(16-3)12(8-11)14(9-15)6-7-14/h4-5,8-10H,6-7H2,1-3H3. The van der Waals surface area contributed by atoms with Crippen molar-refractivity contribution in [1.29, 1.82) is 0 Å². The largest absolute Gasteiger partial charge is 0.496 e. The predicted octanol–water partition coefficient (Wildman–Crippen LogP) is 3.05. The molecule has 0 bridgehead atoms. The Morgan fingerprint density at radius 3 is 2.50 bits per heavy atom. The first kappa shape index (κ1) is 11.2. The molecule has 0 radical (unpaired) electrons. The lowest BCUT2D eigenvalue weighted by Crippen LogP contribution is -2.10. The van der Waals surface area contributed by atoms with Gasteiger partial charge in [-0.3, -0.25) is 0 Å². The van der Waals surface area contributed by atoms with Crippen molar-refractivity contribution < 1.29 is 9.53 Å². The second-order valence-electron chi connectivity index (χ2n) is 4.89. The lowest BCUT2D eigenvalue weighted by atomic mass is 9.91. The highest BCUT2D eigenvalue weighted by Crippen LogP contribution is 2.50. The topological polar surface area (TPSA) is 26.3 Å². The van der Waals surface area contributed by atoms with Crippen LogP contribution in [0.1, 0.15) is 43.7 Å². The van der Waals surface area contributed by atoms with Crippen molar-refractivity contribution in [3.8, 4) is 5.75 Å². The van der Waals surface area contributed by atoms with Crippen LogP contribution < -0.4 is 4.74 Å². The van der Waals surface area contributed by atoms with Crippen molar-refractivity contribution in [3.63, 3.8) is 0 Å². The summed E-state index contributed by atoms with van der Waals surface area (Å²) in [6, 6.07) is 6.19. The number of hydrogen-bond donors (Lipinski definition) is 0. The molecule has 1 fully saturated rings.